The predicted octanol–water partition coefficient (Wildman–Crippen LogP) is 2.33. The zero-order chi connectivity index (χ0) is 9.71. The largest absolute Gasteiger partial charge is 0.481 e. The quantitative estimate of drug-likeness (QED) is 0.533. The molecule has 4 heteroatoms. The third kappa shape index (κ3) is 0.821. The molecule has 0 amide bonds. The van der Waals surface area contributed by atoms with Crippen LogP contribution in [0.15, 0.2) is 34.9 Å². The molecule has 1 aromatic carbocycles. The summed E-state index contributed by atoms with van der Waals surface area (Å²) in [5.74, 6) is -0.114. The van der Waals surface area contributed by atoms with Crippen molar-refractivity contribution in [1.29, 1.82) is 0 Å². The van der Waals surface area contributed by atoms with Gasteiger partial charge in [0, 0.05) is 29.1 Å². The van der Waals surface area contributed by atoms with Gasteiger partial charge < -0.3 is 14.7 Å². The molecule has 0 saturated heterocycles. The fraction of sp³-hybridized carbons (Fsp3) is 0. The maximum absolute atomic E-state index is 9.39. The topological polar surface area (TPSA) is 58.5 Å². The summed E-state index contributed by atoms with van der Waals surface area (Å²) in [6.45, 7) is 0. The number of benzene rings is 1. The molecule has 0 aliphatic carbocycles. The Morgan fingerprint density at radius 1 is 1.14 bits per heavy atom. The lowest BCUT2D eigenvalue weighted by molar-refractivity contribution is 0.200. The lowest BCUT2D eigenvalue weighted by Crippen LogP contribution is -1.84. The van der Waals surface area contributed by atoms with Gasteiger partial charge in [0.15, 0.2) is 0 Å². The Morgan fingerprint density at radius 3 is 2.86 bits per heavy atom. The molecular weight excluding hydrogens is 182 g/mol. The molecule has 0 atom stereocenters. The summed E-state index contributed by atoms with van der Waals surface area (Å²) in [6.07, 6.45) is 1.56. The number of hydrogen-bond donors (Lipinski definition) is 2. The Morgan fingerprint density at radius 2 is 2.00 bits per heavy atom. The molecule has 0 unspecified atom stereocenters. The molecule has 0 fully saturated rings. The fourth-order valence-electron chi connectivity index (χ4n) is 1.64. The zero-order valence-electron chi connectivity index (χ0n) is 7.14. The first-order valence-electron chi connectivity index (χ1n) is 4.17. The Kier molecular flexibility index (Phi) is 1.16. The van der Waals surface area contributed by atoms with Crippen LogP contribution in [0.5, 0.6) is 5.95 Å². The van der Waals surface area contributed by atoms with E-state index in [1.807, 2.05) is 6.07 Å². The number of nitrogens with zero attached hydrogens (tertiary/aromatic N) is 1. The van der Waals surface area contributed by atoms with Crippen molar-refractivity contribution in [3.63, 3.8) is 0 Å². The van der Waals surface area contributed by atoms with Gasteiger partial charge >= 0.3 is 0 Å². The molecule has 4 nitrogen and oxygen atoms in total. The van der Waals surface area contributed by atoms with E-state index in [9.17, 15) is 5.21 Å². The molecule has 3 rings (SSSR count). The third-order valence-corrected chi connectivity index (χ3v) is 2.29. The minimum Gasteiger partial charge on any atom is -0.481 e. The Balaban J connectivity index is 2.52. The van der Waals surface area contributed by atoms with Gasteiger partial charge in [-0.05, 0) is 12.1 Å². The molecule has 3 aromatic rings. The summed E-state index contributed by atoms with van der Waals surface area (Å²) >= 11 is 0. The summed E-state index contributed by atoms with van der Waals surface area (Å²) in [6, 6.07) is 6.87. The molecule has 0 saturated carbocycles. The number of hydrogen-bond acceptors (Lipinski definition) is 3. The highest BCUT2D eigenvalue weighted by Gasteiger charge is 2.06. The Labute approximate surface area is 78.6 Å². The molecule has 2 aromatic heterocycles. The SMILES string of the molecule is Oc1cc2cc3ccn(O)c3cc2o1. The maximum Gasteiger partial charge on any atom is 0.282 e. The number of rotatable bonds is 0. The van der Waals surface area contributed by atoms with Gasteiger partial charge in [0.05, 0.1) is 5.52 Å². The summed E-state index contributed by atoms with van der Waals surface area (Å²) < 4.78 is 6.05. The van der Waals surface area contributed by atoms with Crippen LogP contribution >= 0.6 is 0 Å². The van der Waals surface area contributed by atoms with E-state index in [0.717, 1.165) is 15.5 Å². The van der Waals surface area contributed by atoms with E-state index >= 15 is 0 Å². The summed E-state index contributed by atoms with van der Waals surface area (Å²) in [5.41, 5.74) is 1.22. The minimum absolute atomic E-state index is 0.114. The van der Waals surface area contributed by atoms with E-state index in [1.165, 1.54) is 0 Å². The average Bonchev–Trinajstić information content (AvgIpc) is 2.66. The van der Waals surface area contributed by atoms with Gasteiger partial charge in [-0.15, -0.1) is 0 Å². The van der Waals surface area contributed by atoms with Gasteiger partial charge in [-0.3, -0.25) is 0 Å². The van der Waals surface area contributed by atoms with Crippen molar-refractivity contribution in [3.05, 3.63) is 30.5 Å². The smallest absolute Gasteiger partial charge is 0.282 e. The summed E-state index contributed by atoms with van der Waals surface area (Å²) in [5, 5.41) is 20.2. The van der Waals surface area contributed by atoms with Crippen LogP contribution in [0.2, 0.25) is 0 Å². The molecule has 0 bridgehead atoms. The van der Waals surface area contributed by atoms with E-state index in [1.54, 1.807) is 24.4 Å². The molecule has 14 heavy (non-hydrogen) atoms. The second-order valence-corrected chi connectivity index (χ2v) is 3.19. The van der Waals surface area contributed by atoms with Crippen LogP contribution in [0.25, 0.3) is 21.9 Å². The van der Waals surface area contributed by atoms with Gasteiger partial charge in [-0.1, -0.05) is 0 Å². The highest BCUT2D eigenvalue weighted by molar-refractivity contribution is 5.95. The highest BCUT2D eigenvalue weighted by Crippen LogP contribution is 2.28. The first kappa shape index (κ1) is 7.32. The maximum atomic E-state index is 9.39. The Hall–Kier alpha value is -2.10. The minimum atomic E-state index is -0.114. The fourth-order valence-corrected chi connectivity index (χ4v) is 1.64. The summed E-state index contributed by atoms with van der Waals surface area (Å²) in [4.78, 5) is 0. The molecular formula is C10H7NO3. The van der Waals surface area contributed by atoms with E-state index in [0.29, 0.717) is 11.1 Å². The lowest BCUT2D eigenvalue weighted by Gasteiger charge is -1.93. The number of aromatic hydroxyl groups is 1. The summed E-state index contributed by atoms with van der Waals surface area (Å²) in [7, 11) is 0. The Bertz CT molecular complexity index is 620. The molecule has 0 radical (unpaired) electrons. The molecule has 0 aliphatic heterocycles. The van der Waals surface area contributed by atoms with Crippen molar-refractivity contribution in [2.24, 2.45) is 0 Å². The van der Waals surface area contributed by atoms with Gasteiger partial charge in [-0.2, -0.15) is 4.73 Å². The van der Waals surface area contributed by atoms with Crippen molar-refractivity contribution in [2.75, 3.05) is 0 Å². The van der Waals surface area contributed by atoms with Gasteiger partial charge in [0.25, 0.3) is 5.95 Å². The van der Waals surface area contributed by atoms with E-state index in [4.69, 9.17) is 9.52 Å². The second kappa shape index (κ2) is 2.23. The van der Waals surface area contributed by atoms with Crippen LogP contribution < -0.4 is 0 Å². The highest BCUT2D eigenvalue weighted by atomic mass is 16.5. The standard InChI is InChI=1S/C10H7NO3/c12-10-4-7-3-6-1-2-11(13)8(6)5-9(7)14-10/h1-5,12-13H. The van der Waals surface area contributed by atoms with Gasteiger partial charge in [0.1, 0.15) is 5.58 Å². The zero-order valence-corrected chi connectivity index (χ0v) is 7.14. The monoisotopic (exact) mass is 189 g/mol. The van der Waals surface area contributed by atoms with Crippen molar-refractivity contribution in [2.45, 2.75) is 0 Å². The molecule has 2 N–H and O–H groups in total. The molecule has 2 heterocycles. The van der Waals surface area contributed by atoms with E-state index in [2.05, 4.69) is 0 Å². The molecule has 0 spiro atoms. The van der Waals surface area contributed by atoms with E-state index < -0.39 is 0 Å². The number of fused-ring (bicyclic) bond motifs is 2. The van der Waals surface area contributed by atoms with Crippen LogP contribution in [0.1, 0.15) is 0 Å². The predicted molar refractivity (Wildman–Crippen MR) is 50.6 cm³/mol. The molecule has 0 aliphatic rings. The number of aromatic nitrogens is 1. The molecule has 70 valence electrons. The van der Waals surface area contributed by atoms with Crippen LogP contribution in [0, 0.1) is 0 Å². The van der Waals surface area contributed by atoms with Gasteiger partial charge in [0.2, 0.25) is 0 Å². The first-order valence-corrected chi connectivity index (χ1v) is 4.17. The average molecular weight is 189 g/mol. The third-order valence-electron chi connectivity index (χ3n) is 2.29. The number of furan rings is 1. The normalized spacial score (nSPS) is 11.4. The van der Waals surface area contributed by atoms with Crippen molar-refractivity contribution in [1.82, 2.24) is 4.73 Å². The van der Waals surface area contributed by atoms with Crippen LogP contribution in [0.4, 0.5) is 0 Å². The van der Waals surface area contributed by atoms with Crippen molar-refractivity contribution >= 4 is 21.9 Å². The van der Waals surface area contributed by atoms with Crippen LogP contribution in [-0.4, -0.2) is 15.0 Å². The first-order chi connectivity index (χ1) is 6.74. The van der Waals surface area contributed by atoms with Crippen LogP contribution in [0.3, 0.4) is 0 Å². The van der Waals surface area contributed by atoms with Gasteiger partial charge in [-0.25, -0.2) is 0 Å². The van der Waals surface area contributed by atoms with E-state index in [-0.39, 0.29) is 5.95 Å². The van der Waals surface area contributed by atoms with Crippen LogP contribution in [-0.2, 0) is 0 Å². The van der Waals surface area contributed by atoms with Crippen molar-refractivity contribution in [3.8, 4) is 5.95 Å². The second-order valence-electron chi connectivity index (χ2n) is 3.19. The lowest BCUT2D eigenvalue weighted by atomic mass is 10.2. The van der Waals surface area contributed by atoms with Crippen molar-refractivity contribution < 1.29 is 14.7 Å².